The lowest BCUT2D eigenvalue weighted by Crippen LogP contribution is -2.36. The first-order valence-electron chi connectivity index (χ1n) is 8.53. The van der Waals surface area contributed by atoms with Gasteiger partial charge in [0.25, 0.3) is 5.91 Å². The molecule has 25 heavy (non-hydrogen) atoms. The SMILES string of the molecule is O=C(/C(=C/c1ccco1)c1ccccc1)N1CCCc2ccccc21. The van der Waals surface area contributed by atoms with Crippen LogP contribution in [0.15, 0.2) is 77.4 Å². The average Bonchev–Trinajstić information content (AvgIpc) is 3.19. The molecule has 0 aliphatic carbocycles. The zero-order valence-electron chi connectivity index (χ0n) is 13.9. The summed E-state index contributed by atoms with van der Waals surface area (Å²) in [4.78, 5) is 15.3. The summed E-state index contributed by atoms with van der Waals surface area (Å²) in [5.41, 5.74) is 3.78. The predicted molar refractivity (Wildman–Crippen MR) is 100 cm³/mol. The summed E-state index contributed by atoms with van der Waals surface area (Å²) in [6, 6.07) is 21.6. The van der Waals surface area contributed by atoms with Gasteiger partial charge in [-0.3, -0.25) is 4.79 Å². The molecule has 3 nitrogen and oxygen atoms in total. The molecule has 0 radical (unpaired) electrons. The second kappa shape index (κ2) is 6.81. The Labute approximate surface area is 147 Å². The zero-order valence-corrected chi connectivity index (χ0v) is 13.9. The predicted octanol–water partition coefficient (Wildman–Crippen LogP) is 4.80. The van der Waals surface area contributed by atoms with Crippen LogP contribution in [0.3, 0.4) is 0 Å². The van der Waals surface area contributed by atoms with Crippen molar-refractivity contribution in [2.24, 2.45) is 0 Å². The molecule has 1 aliphatic rings. The number of anilines is 1. The van der Waals surface area contributed by atoms with Gasteiger partial charge in [0.1, 0.15) is 5.76 Å². The third-order valence-electron chi connectivity index (χ3n) is 4.50. The summed E-state index contributed by atoms with van der Waals surface area (Å²) in [5, 5.41) is 0. The smallest absolute Gasteiger partial charge is 0.259 e. The zero-order chi connectivity index (χ0) is 17.1. The molecule has 1 amide bonds. The van der Waals surface area contributed by atoms with E-state index in [4.69, 9.17) is 4.42 Å². The summed E-state index contributed by atoms with van der Waals surface area (Å²) in [7, 11) is 0. The van der Waals surface area contributed by atoms with Gasteiger partial charge in [-0.25, -0.2) is 0 Å². The minimum atomic E-state index is 0.00903. The Morgan fingerprint density at radius 3 is 2.56 bits per heavy atom. The molecule has 0 atom stereocenters. The summed E-state index contributed by atoms with van der Waals surface area (Å²) in [6.45, 7) is 0.734. The van der Waals surface area contributed by atoms with E-state index in [0.29, 0.717) is 11.3 Å². The van der Waals surface area contributed by atoms with E-state index in [9.17, 15) is 4.79 Å². The molecule has 0 spiro atoms. The van der Waals surface area contributed by atoms with Gasteiger partial charge in [0.15, 0.2) is 0 Å². The standard InChI is InChI=1S/C22H19NO2/c24-22(23-14-6-11-18-10-4-5-13-21(18)23)20(16-19-12-7-15-25-19)17-8-2-1-3-9-17/h1-5,7-10,12-13,15-16H,6,11,14H2/b20-16+. The fourth-order valence-corrected chi connectivity index (χ4v) is 3.29. The molecule has 3 heteroatoms. The minimum Gasteiger partial charge on any atom is -0.465 e. The second-order valence-electron chi connectivity index (χ2n) is 6.13. The molecule has 0 unspecified atom stereocenters. The number of aryl methyl sites for hydroxylation is 1. The first-order valence-corrected chi connectivity index (χ1v) is 8.53. The van der Waals surface area contributed by atoms with Crippen molar-refractivity contribution < 1.29 is 9.21 Å². The van der Waals surface area contributed by atoms with Crippen LogP contribution in [0, 0.1) is 0 Å². The van der Waals surface area contributed by atoms with E-state index in [1.165, 1.54) is 5.56 Å². The van der Waals surface area contributed by atoms with Crippen LogP contribution < -0.4 is 4.90 Å². The van der Waals surface area contributed by atoms with Crippen LogP contribution in [0.4, 0.5) is 5.69 Å². The number of benzene rings is 2. The van der Waals surface area contributed by atoms with Gasteiger partial charge in [-0.15, -0.1) is 0 Å². The van der Waals surface area contributed by atoms with E-state index in [0.717, 1.165) is 30.6 Å². The molecule has 1 aromatic heterocycles. The molecular weight excluding hydrogens is 310 g/mol. The number of hydrogen-bond acceptors (Lipinski definition) is 2. The van der Waals surface area contributed by atoms with Crippen LogP contribution >= 0.6 is 0 Å². The van der Waals surface area contributed by atoms with Crippen LogP contribution in [0.25, 0.3) is 11.6 Å². The molecule has 0 N–H and O–H groups in total. The summed E-state index contributed by atoms with van der Waals surface area (Å²) < 4.78 is 5.45. The number of hydrogen-bond donors (Lipinski definition) is 0. The van der Waals surface area contributed by atoms with E-state index in [1.807, 2.05) is 71.6 Å². The lowest BCUT2D eigenvalue weighted by Gasteiger charge is -2.30. The van der Waals surface area contributed by atoms with Crippen molar-refractivity contribution in [3.05, 3.63) is 89.9 Å². The summed E-state index contributed by atoms with van der Waals surface area (Å²) >= 11 is 0. The fraction of sp³-hybridized carbons (Fsp3) is 0.136. The maximum atomic E-state index is 13.4. The van der Waals surface area contributed by atoms with Crippen molar-refractivity contribution in [3.63, 3.8) is 0 Å². The molecule has 0 bridgehead atoms. The Bertz CT molecular complexity index is 895. The molecule has 3 aromatic rings. The van der Waals surface area contributed by atoms with E-state index in [2.05, 4.69) is 6.07 Å². The first-order chi connectivity index (χ1) is 12.3. The van der Waals surface area contributed by atoms with Crippen LogP contribution in [0.1, 0.15) is 23.3 Å². The Kier molecular flexibility index (Phi) is 4.21. The second-order valence-corrected chi connectivity index (χ2v) is 6.13. The fourth-order valence-electron chi connectivity index (χ4n) is 3.29. The number of nitrogens with zero attached hydrogens (tertiary/aromatic N) is 1. The van der Waals surface area contributed by atoms with Crippen molar-refractivity contribution in [1.82, 2.24) is 0 Å². The van der Waals surface area contributed by atoms with E-state index >= 15 is 0 Å². The highest BCUT2D eigenvalue weighted by Crippen LogP contribution is 2.30. The first kappa shape index (κ1) is 15.5. The third kappa shape index (κ3) is 3.13. The lowest BCUT2D eigenvalue weighted by molar-refractivity contribution is -0.113. The summed E-state index contributed by atoms with van der Waals surface area (Å²) in [5.74, 6) is 0.687. The van der Waals surface area contributed by atoms with Crippen molar-refractivity contribution in [3.8, 4) is 0 Å². The largest absolute Gasteiger partial charge is 0.465 e. The molecule has 0 fully saturated rings. The van der Waals surface area contributed by atoms with Gasteiger partial charge in [0.2, 0.25) is 0 Å². The van der Waals surface area contributed by atoms with Gasteiger partial charge in [-0.1, -0.05) is 48.5 Å². The van der Waals surface area contributed by atoms with Crippen molar-refractivity contribution >= 4 is 23.2 Å². The number of fused-ring (bicyclic) bond motifs is 1. The Balaban J connectivity index is 1.77. The van der Waals surface area contributed by atoms with Gasteiger partial charge >= 0.3 is 0 Å². The van der Waals surface area contributed by atoms with Crippen LogP contribution in [0.5, 0.6) is 0 Å². The number of amides is 1. The van der Waals surface area contributed by atoms with Crippen LogP contribution in [-0.4, -0.2) is 12.5 Å². The van der Waals surface area contributed by atoms with Crippen molar-refractivity contribution in [1.29, 1.82) is 0 Å². The molecule has 0 saturated heterocycles. The van der Waals surface area contributed by atoms with Gasteiger partial charge in [-0.2, -0.15) is 0 Å². The quantitative estimate of drug-likeness (QED) is 0.647. The average molecular weight is 329 g/mol. The number of carbonyl (C=O) groups is 1. The Hall–Kier alpha value is -3.07. The number of furan rings is 1. The van der Waals surface area contributed by atoms with E-state index in [-0.39, 0.29) is 5.91 Å². The number of rotatable bonds is 3. The van der Waals surface area contributed by atoms with Gasteiger partial charge in [-0.05, 0) is 48.2 Å². The highest BCUT2D eigenvalue weighted by molar-refractivity contribution is 6.30. The molecule has 4 rings (SSSR count). The number of para-hydroxylation sites is 1. The highest BCUT2D eigenvalue weighted by atomic mass is 16.3. The molecule has 1 aliphatic heterocycles. The normalized spacial score (nSPS) is 14.2. The molecule has 2 heterocycles. The van der Waals surface area contributed by atoms with Gasteiger partial charge < -0.3 is 9.32 Å². The van der Waals surface area contributed by atoms with E-state index < -0.39 is 0 Å². The Morgan fingerprint density at radius 2 is 1.76 bits per heavy atom. The minimum absolute atomic E-state index is 0.00903. The maximum Gasteiger partial charge on any atom is 0.259 e. The van der Waals surface area contributed by atoms with Gasteiger partial charge in [0.05, 0.1) is 11.8 Å². The lowest BCUT2D eigenvalue weighted by atomic mass is 9.98. The topological polar surface area (TPSA) is 33.5 Å². The van der Waals surface area contributed by atoms with Gasteiger partial charge in [0, 0.05) is 12.2 Å². The molecule has 2 aromatic carbocycles. The Morgan fingerprint density at radius 1 is 0.960 bits per heavy atom. The number of carbonyl (C=O) groups excluding carboxylic acids is 1. The van der Waals surface area contributed by atoms with Crippen molar-refractivity contribution in [2.45, 2.75) is 12.8 Å². The van der Waals surface area contributed by atoms with Crippen LogP contribution in [0.2, 0.25) is 0 Å². The maximum absolute atomic E-state index is 13.4. The molecular formula is C22H19NO2. The summed E-state index contributed by atoms with van der Waals surface area (Å²) in [6.07, 6.45) is 5.44. The molecule has 124 valence electrons. The van der Waals surface area contributed by atoms with E-state index in [1.54, 1.807) is 6.26 Å². The molecule has 0 saturated carbocycles. The van der Waals surface area contributed by atoms with Crippen molar-refractivity contribution in [2.75, 3.05) is 11.4 Å². The monoisotopic (exact) mass is 329 g/mol. The third-order valence-corrected chi connectivity index (χ3v) is 4.50. The van der Waals surface area contributed by atoms with Crippen LogP contribution in [-0.2, 0) is 11.2 Å². The highest BCUT2D eigenvalue weighted by Gasteiger charge is 2.25.